The molecule has 2 atom stereocenters. The van der Waals surface area contributed by atoms with E-state index in [1.807, 2.05) is 26.1 Å². The second-order valence-electron chi connectivity index (χ2n) is 3.82. The van der Waals surface area contributed by atoms with E-state index in [0.29, 0.717) is 5.57 Å². The van der Waals surface area contributed by atoms with Crippen LogP contribution in [0.4, 0.5) is 0 Å². The molecule has 2 rings (SSSR count). The van der Waals surface area contributed by atoms with Crippen LogP contribution in [0.15, 0.2) is 28.8 Å². The van der Waals surface area contributed by atoms with Crippen molar-refractivity contribution in [3.8, 4) is 0 Å². The van der Waals surface area contributed by atoms with Gasteiger partial charge in [-0.3, -0.25) is 9.79 Å². The smallest absolute Gasteiger partial charge is 0.254 e. The number of allylic oxidation sites excluding steroid dienone is 1. The summed E-state index contributed by atoms with van der Waals surface area (Å²) >= 11 is 0. The lowest BCUT2D eigenvalue weighted by Gasteiger charge is -2.23. The van der Waals surface area contributed by atoms with Crippen molar-refractivity contribution in [3.05, 3.63) is 23.8 Å². The number of nitrogens with one attached hydrogen (secondary N) is 2. The van der Waals surface area contributed by atoms with E-state index in [0.717, 1.165) is 12.3 Å². The van der Waals surface area contributed by atoms with Gasteiger partial charge in [-0.2, -0.15) is 0 Å². The fourth-order valence-corrected chi connectivity index (χ4v) is 1.84. The molecule has 1 heterocycles. The van der Waals surface area contributed by atoms with Gasteiger partial charge in [0, 0.05) is 12.5 Å². The Balaban J connectivity index is 2.26. The summed E-state index contributed by atoms with van der Waals surface area (Å²) < 4.78 is 0. The second kappa shape index (κ2) is 3.98. The van der Waals surface area contributed by atoms with Gasteiger partial charge in [-0.1, -0.05) is 12.2 Å². The molecule has 4 nitrogen and oxygen atoms in total. The van der Waals surface area contributed by atoms with Crippen molar-refractivity contribution >= 4 is 11.6 Å². The molecule has 80 valence electrons. The molecule has 0 spiro atoms. The van der Waals surface area contributed by atoms with E-state index in [2.05, 4.69) is 21.7 Å². The van der Waals surface area contributed by atoms with E-state index in [1.165, 1.54) is 0 Å². The largest absolute Gasteiger partial charge is 0.330 e. The fourth-order valence-electron chi connectivity index (χ4n) is 1.84. The van der Waals surface area contributed by atoms with Gasteiger partial charge in [0.25, 0.3) is 5.91 Å². The van der Waals surface area contributed by atoms with Gasteiger partial charge in [-0.25, -0.2) is 0 Å². The van der Waals surface area contributed by atoms with E-state index < -0.39 is 0 Å². The highest BCUT2D eigenvalue weighted by atomic mass is 16.2. The number of nitrogens with zero attached hydrogens (tertiary/aromatic N) is 1. The van der Waals surface area contributed by atoms with Crippen LogP contribution in [0.2, 0.25) is 0 Å². The van der Waals surface area contributed by atoms with Crippen LogP contribution in [-0.2, 0) is 4.79 Å². The third kappa shape index (κ3) is 1.99. The Morgan fingerprint density at radius 3 is 3.13 bits per heavy atom. The molecule has 1 aliphatic carbocycles. The number of hydrogen-bond donors (Lipinski definition) is 2. The van der Waals surface area contributed by atoms with Crippen molar-refractivity contribution in [1.82, 2.24) is 10.6 Å². The van der Waals surface area contributed by atoms with Crippen LogP contribution >= 0.6 is 0 Å². The van der Waals surface area contributed by atoms with Crippen molar-refractivity contribution in [1.29, 1.82) is 0 Å². The Morgan fingerprint density at radius 1 is 1.60 bits per heavy atom. The molecule has 0 aromatic carbocycles. The van der Waals surface area contributed by atoms with Gasteiger partial charge in [0.15, 0.2) is 0 Å². The van der Waals surface area contributed by atoms with Crippen LogP contribution in [0.3, 0.4) is 0 Å². The van der Waals surface area contributed by atoms with Gasteiger partial charge in [0.2, 0.25) is 0 Å². The van der Waals surface area contributed by atoms with Gasteiger partial charge in [0.05, 0.1) is 11.3 Å². The van der Waals surface area contributed by atoms with Gasteiger partial charge < -0.3 is 10.6 Å². The molecule has 2 unspecified atom stereocenters. The molecular formula is C11H15N3O. The van der Waals surface area contributed by atoms with E-state index in [4.69, 9.17) is 0 Å². The average Bonchev–Trinajstić information content (AvgIpc) is 2.19. The zero-order chi connectivity index (χ0) is 10.8. The highest BCUT2D eigenvalue weighted by Gasteiger charge is 2.24. The van der Waals surface area contributed by atoms with Crippen molar-refractivity contribution < 1.29 is 4.79 Å². The zero-order valence-electron chi connectivity index (χ0n) is 8.95. The summed E-state index contributed by atoms with van der Waals surface area (Å²) in [5.74, 6) is 0.265. The summed E-state index contributed by atoms with van der Waals surface area (Å²) in [6, 6.07) is 0. The summed E-state index contributed by atoms with van der Waals surface area (Å²) in [5, 5.41) is 5.88. The first-order chi connectivity index (χ1) is 7.20. The molecule has 0 fully saturated rings. The molecule has 4 heteroatoms. The first-order valence-corrected chi connectivity index (χ1v) is 5.14. The predicted octanol–water partition coefficient (Wildman–Crippen LogP) is 0.235. The fraction of sp³-hybridized carbons (Fsp3) is 0.455. The maximum atomic E-state index is 11.7. The Morgan fingerprint density at radius 2 is 2.40 bits per heavy atom. The minimum Gasteiger partial charge on any atom is -0.330 e. The molecule has 0 bridgehead atoms. The number of fused-ring (bicyclic) bond motifs is 1. The molecule has 0 aromatic heterocycles. The maximum Gasteiger partial charge on any atom is 0.254 e. The van der Waals surface area contributed by atoms with E-state index >= 15 is 0 Å². The van der Waals surface area contributed by atoms with Crippen LogP contribution in [0.25, 0.3) is 0 Å². The molecular weight excluding hydrogens is 190 g/mol. The molecule has 0 saturated heterocycles. The topological polar surface area (TPSA) is 53.5 Å². The lowest BCUT2D eigenvalue weighted by Crippen LogP contribution is -2.40. The number of hydrogen-bond acceptors (Lipinski definition) is 3. The van der Waals surface area contributed by atoms with E-state index in [1.54, 1.807) is 0 Å². The monoisotopic (exact) mass is 205 g/mol. The number of amides is 1. The van der Waals surface area contributed by atoms with Crippen molar-refractivity contribution in [3.63, 3.8) is 0 Å². The Kier molecular flexibility index (Phi) is 2.68. The molecule has 0 radical (unpaired) electrons. The number of rotatable bonds is 2. The quantitative estimate of drug-likeness (QED) is 0.678. The molecule has 1 amide bonds. The summed E-state index contributed by atoms with van der Waals surface area (Å²) in [7, 11) is 1.90. The summed E-state index contributed by atoms with van der Waals surface area (Å²) in [4.78, 5) is 16.0. The number of carbonyl (C=O) groups excluding carboxylic acids is 1. The lowest BCUT2D eigenvalue weighted by atomic mass is 9.94. The minimum absolute atomic E-state index is 0.0158. The SMILES string of the molecule is CNCC1C=CC2=NC(C)NC(=O)C2=C1. The van der Waals surface area contributed by atoms with E-state index in [-0.39, 0.29) is 18.0 Å². The Hall–Kier alpha value is -1.42. The average molecular weight is 205 g/mol. The second-order valence-corrected chi connectivity index (χ2v) is 3.82. The van der Waals surface area contributed by atoms with Crippen LogP contribution in [0.1, 0.15) is 6.92 Å². The number of carbonyl (C=O) groups is 1. The van der Waals surface area contributed by atoms with Crippen LogP contribution in [0.5, 0.6) is 0 Å². The molecule has 0 saturated carbocycles. The summed E-state index contributed by atoms with van der Waals surface area (Å²) in [6.07, 6.45) is 5.86. The van der Waals surface area contributed by atoms with Gasteiger partial charge in [-0.15, -0.1) is 0 Å². The first kappa shape index (κ1) is 10.1. The molecule has 15 heavy (non-hydrogen) atoms. The lowest BCUT2D eigenvalue weighted by molar-refractivity contribution is -0.117. The standard InChI is InChI=1S/C11H15N3O/c1-7-13-10-4-3-8(6-12-2)5-9(10)11(15)14-7/h3-5,7-8,12H,6H2,1-2H3,(H,14,15). The Labute approximate surface area is 89.2 Å². The normalized spacial score (nSPS) is 29.1. The highest BCUT2D eigenvalue weighted by molar-refractivity contribution is 6.27. The summed E-state index contributed by atoms with van der Waals surface area (Å²) in [5.41, 5.74) is 1.51. The molecule has 1 aliphatic heterocycles. The van der Waals surface area contributed by atoms with Crippen LogP contribution < -0.4 is 10.6 Å². The molecule has 2 N–H and O–H groups in total. The molecule has 2 aliphatic rings. The third-order valence-electron chi connectivity index (χ3n) is 2.52. The number of aliphatic imine (C=N–C) groups is 1. The minimum atomic E-state index is -0.116. The third-order valence-corrected chi connectivity index (χ3v) is 2.52. The maximum absolute atomic E-state index is 11.7. The van der Waals surface area contributed by atoms with Gasteiger partial charge in [-0.05, 0) is 20.0 Å². The van der Waals surface area contributed by atoms with Crippen LogP contribution in [0, 0.1) is 5.92 Å². The van der Waals surface area contributed by atoms with Crippen molar-refractivity contribution in [2.75, 3.05) is 13.6 Å². The van der Waals surface area contributed by atoms with Gasteiger partial charge >= 0.3 is 0 Å². The zero-order valence-corrected chi connectivity index (χ0v) is 8.95. The van der Waals surface area contributed by atoms with Crippen LogP contribution in [-0.4, -0.2) is 31.4 Å². The Bertz CT molecular complexity index is 368. The van der Waals surface area contributed by atoms with Gasteiger partial charge in [0.1, 0.15) is 6.17 Å². The first-order valence-electron chi connectivity index (χ1n) is 5.14. The van der Waals surface area contributed by atoms with Crippen molar-refractivity contribution in [2.24, 2.45) is 10.9 Å². The molecule has 0 aromatic rings. The van der Waals surface area contributed by atoms with Crippen molar-refractivity contribution in [2.45, 2.75) is 13.1 Å². The van der Waals surface area contributed by atoms with E-state index in [9.17, 15) is 4.79 Å². The summed E-state index contributed by atoms with van der Waals surface area (Å²) in [6.45, 7) is 2.71. The predicted molar refractivity (Wildman–Crippen MR) is 59.7 cm³/mol. The highest BCUT2D eigenvalue weighted by Crippen LogP contribution is 2.18.